The molecule has 1 fully saturated rings. The average molecular weight is 376 g/mol. The zero-order chi connectivity index (χ0) is 19.1. The van der Waals surface area contributed by atoms with Crippen molar-refractivity contribution in [3.8, 4) is 11.5 Å². The van der Waals surface area contributed by atoms with E-state index in [0.717, 1.165) is 72.2 Å². The molecule has 144 valence electrons. The van der Waals surface area contributed by atoms with Crippen LogP contribution in [-0.4, -0.2) is 42.9 Å². The maximum Gasteiger partial charge on any atom is 0.231 e. The van der Waals surface area contributed by atoms with Gasteiger partial charge in [0.1, 0.15) is 5.82 Å². The lowest BCUT2D eigenvalue weighted by Gasteiger charge is -2.36. The zero-order valence-electron chi connectivity index (χ0n) is 16.0. The van der Waals surface area contributed by atoms with Gasteiger partial charge in [-0.3, -0.25) is 4.90 Å². The van der Waals surface area contributed by atoms with Crippen LogP contribution in [0.15, 0.2) is 42.5 Å². The second-order valence-corrected chi connectivity index (χ2v) is 7.48. The molecule has 2 aliphatic heterocycles. The van der Waals surface area contributed by atoms with E-state index in [4.69, 9.17) is 20.2 Å². The van der Waals surface area contributed by atoms with Gasteiger partial charge in [0, 0.05) is 54.9 Å². The molecule has 28 heavy (non-hydrogen) atoms. The van der Waals surface area contributed by atoms with Gasteiger partial charge in [0.2, 0.25) is 6.79 Å². The molecule has 0 bridgehead atoms. The maximum atomic E-state index is 6.20. The molecule has 6 heteroatoms. The summed E-state index contributed by atoms with van der Waals surface area (Å²) in [5, 5.41) is 2.22. The van der Waals surface area contributed by atoms with E-state index < -0.39 is 0 Å². The van der Waals surface area contributed by atoms with Crippen molar-refractivity contribution in [3.63, 3.8) is 0 Å². The van der Waals surface area contributed by atoms with E-state index in [9.17, 15) is 0 Å². The van der Waals surface area contributed by atoms with Gasteiger partial charge in [-0.1, -0.05) is 18.2 Å². The Labute approximate surface area is 164 Å². The normalized spacial score (nSPS) is 16.7. The summed E-state index contributed by atoms with van der Waals surface area (Å²) in [7, 11) is 0. The van der Waals surface area contributed by atoms with Crippen molar-refractivity contribution in [2.75, 3.05) is 43.6 Å². The number of benzene rings is 2. The summed E-state index contributed by atoms with van der Waals surface area (Å²) < 4.78 is 10.9. The molecule has 3 aromatic rings. The van der Waals surface area contributed by atoms with Crippen LogP contribution in [0, 0.1) is 6.92 Å². The molecule has 6 nitrogen and oxygen atoms in total. The highest BCUT2D eigenvalue weighted by molar-refractivity contribution is 5.99. The fourth-order valence-corrected chi connectivity index (χ4v) is 4.06. The van der Waals surface area contributed by atoms with Crippen LogP contribution in [-0.2, 0) is 6.54 Å². The Balaban J connectivity index is 1.31. The monoisotopic (exact) mass is 376 g/mol. The summed E-state index contributed by atoms with van der Waals surface area (Å²) in [4.78, 5) is 9.69. The molecule has 2 aromatic carbocycles. The van der Waals surface area contributed by atoms with E-state index in [1.807, 2.05) is 25.1 Å². The Morgan fingerprint density at radius 3 is 2.64 bits per heavy atom. The smallest absolute Gasteiger partial charge is 0.231 e. The van der Waals surface area contributed by atoms with Crippen molar-refractivity contribution in [2.24, 2.45) is 0 Å². The molecule has 0 atom stereocenters. The lowest BCUT2D eigenvalue weighted by Crippen LogP contribution is -2.46. The third-order valence-corrected chi connectivity index (χ3v) is 5.53. The molecule has 5 rings (SSSR count). The number of nitrogens with zero attached hydrogens (tertiary/aromatic N) is 3. The molecule has 0 spiro atoms. The van der Waals surface area contributed by atoms with Gasteiger partial charge in [-0.15, -0.1) is 0 Å². The van der Waals surface area contributed by atoms with Gasteiger partial charge in [0.05, 0.1) is 0 Å². The summed E-state index contributed by atoms with van der Waals surface area (Å²) in [6.45, 7) is 7.15. The summed E-state index contributed by atoms with van der Waals surface area (Å²) in [5.41, 5.74) is 9.26. The number of piperazine rings is 1. The van der Waals surface area contributed by atoms with Crippen LogP contribution < -0.4 is 20.1 Å². The third-order valence-electron chi connectivity index (χ3n) is 5.53. The molecule has 3 heterocycles. The van der Waals surface area contributed by atoms with Gasteiger partial charge >= 0.3 is 0 Å². The van der Waals surface area contributed by atoms with Crippen LogP contribution in [0.4, 0.5) is 11.5 Å². The molecule has 1 saturated heterocycles. The molecular weight excluding hydrogens is 352 g/mol. The minimum absolute atomic E-state index is 0.319. The van der Waals surface area contributed by atoms with E-state index in [2.05, 4.69) is 34.1 Å². The lowest BCUT2D eigenvalue weighted by molar-refractivity contribution is 0.174. The number of anilines is 2. The van der Waals surface area contributed by atoms with E-state index in [0.29, 0.717) is 6.79 Å². The minimum atomic E-state index is 0.319. The molecule has 1 aromatic heterocycles. The first kappa shape index (κ1) is 17.1. The summed E-state index contributed by atoms with van der Waals surface area (Å²) in [6, 6.07) is 14.4. The minimum Gasteiger partial charge on any atom is -0.454 e. The van der Waals surface area contributed by atoms with Gasteiger partial charge in [-0.2, -0.15) is 0 Å². The van der Waals surface area contributed by atoms with Crippen LogP contribution in [0.2, 0.25) is 0 Å². The first-order valence-electron chi connectivity index (χ1n) is 9.69. The predicted octanol–water partition coefficient (Wildman–Crippen LogP) is 3.18. The van der Waals surface area contributed by atoms with E-state index in [1.165, 1.54) is 5.56 Å². The number of aryl methyl sites for hydroxylation is 1. The molecule has 0 saturated carbocycles. The van der Waals surface area contributed by atoms with Crippen LogP contribution in [0.5, 0.6) is 11.5 Å². The average Bonchev–Trinajstić information content (AvgIpc) is 3.17. The van der Waals surface area contributed by atoms with Crippen molar-refractivity contribution in [1.82, 2.24) is 9.88 Å². The highest BCUT2D eigenvalue weighted by Gasteiger charge is 2.21. The lowest BCUT2D eigenvalue weighted by atomic mass is 10.1. The highest BCUT2D eigenvalue weighted by atomic mass is 16.7. The van der Waals surface area contributed by atoms with Gasteiger partial charge in [0.25, 0.3) is 0 Å². The fraction of sp³-hybridized carbons (Fsp3) is 0.318. The van der Waals surface area contributed by atoms with E-state index >= 15 is 0 Å². The molecule has 0 radical (unpaired) electrons. The Morgan fingerprint density at radius 1 is 0.964 bits per heavy atom. The fourth-order valence-electron chi connectivity index (χ4n) is 4.06. The molecule has 0 amide bonds. The van der Waals surface area contributed by atoms with Gasteiger partial charge in [0.15, 0.2) is 11.5 Å². The highest BCUT2D eigenvalue weighted by Crippen LogP contribution is 2.33. The van der Waals surface area contributed by atoms with Crippen LogP contribution in [0.1, 0.15) is 11.3 Å². The summed E-state index contributed by atoms with van der Waals surface area (Å²) >= 11 is 0. The summed E-state index contributed by atoms with van der Waals surface area (Å²) in [6.07, 6.45) is 0. The number of rotatable bonds is 3. The van der Waals surface area contributed by atoms with Gasteiger partial charge in [-0.05, 0) is 36.8 Å². The second kappa shape index (κ2) is 6.87. The molecule has 2 aliphatic rings. The number of ether oxygens (including phenoxy) is 2. The van der Waals surface area contributed by atoms with Crippen LogP contribution in [0.3, 0.4) is 0 Å². The van der Waals surface area contributed by atoms with Crippen molar-refractivity contribution >= 4 is 22.3 Å². The van der Waals surface area contributed by atoms with Gasteiger partial charge < -0.3 is 20.1 Å². The maximum absolute atomic E-state index is 6.20. The number of hydrogen-bond donors (Lipinski definition) is 1. The topological polar surface area (TPSA) is 63.9 Å². The predicted molar refractivity (Wildman–Crippen MR) is 111 cm³/mol. The van der Waals surface area contributed by atoms with Crippen LogP contribution in [0.25, 0.3) is 10.8 Å². The van der Waals surface area contributed by atoms with Crippen molar-refractivity contribution in [3.05, 3.63) is 53.7 Å². The third kappa shape index (κ3) is 3.10. The number of nitrogens with two attached hydrogens (primary N) is 1. The van der Waals surface area contributed by atoms with Crippen molar-refractivity contribution < 1.29 is 9.47 Å². The molecule has 0 aliphatic carbocycles. The number of pyridine rings is 1. The van der Waals surface area contributed by atoms with Crippen molar-refractivity contribution in [2.45, 2.75) is 13.5 Å². The van der Waals surface area contributed by atoms with Crippen molar-refractivity contribution in [1.29, 1.82) is 0 Å². The molecule has 0 unspecified atom stereocenters. The number of nitrogen functional groups attached to an aromatic ring is 1. The Bertz CT molecular complexity index is 1030. The quantitative estimate of drug-likeness (QED) is 0.709. The Kier molecular flexibility index (Phi) is 4.20. The first-order valence-corrected chi connectivity index (χ1v) is 9.69. The zero-order valence-corrected chi connectivity index (χ0v) is 16.0. The first-order chi connectivity index (χ1) is 13.7. The number of hydrogen-bond acceptors (Lipinski definition) is 6. The van der Waals surface area contributed by atoms with Gasteiger partial charge in [-0.25, -0.2) is 4.98 Å². The Morgan fingerprint density at radius 2 is 1.79 bits per heavy atom. The summed E-state index contributed by atoms with van der Waals surface area (Å²) in [5.74, 6) is 2.74. The number of aromatic nitrogens is 1. The van der Waals surface area contributed by atoms with E-state index in [-0.39, 0.29) is 0 Å². The molecule has 2 N–H and O–H groups in total. The SMILES string of the molecule is Cc1cc2c(N)cccc2c(N2CCN(Cc3ccc4c(c3)OCO4)CC2)n1. The number of fused-ring (bicyclic) bond motifs is 2. The Hall–Kier alpha value is -2.99. The largest absolute Gasteiger partial charge is 0.454 e. The standard InChI is InChI=1S/C22H24N4O2/c1-15-11-18-17(3-2-4-19(18)23)22(24-15)26-9-7-25(8-10-26)13-16-5-6-20-21(12-16)28-14-27-20/h2-6,11-12H,7-10,13-14,23H2,1H3. The molecular formula is C22H24N4O2. The second-order valence-electron chi connectivity index (χ2n) is 7.48. The van der Waals surface area contributed by atoms with E-state index in [1.54, 1.807) is 0 Å². The van der Waals surface area contributed by atoms with Crippen LogP contribution >= 0.6 is 0 Å².